The molecule has 0 saturated carbocycles. The van der Waals surface area contributed by atoms with Crippen molar-refractivity contribution in [1.29, 1.82) is 0 Å². The zero-order valence-corrected chi connectivity index (χ0v) is 16.9. The van der Waals surface area contributed by atoms with Gasteiger partial charge in [0.15, 0.2) is 0 Å². The van der Waals surface area contributed by atoms with Crippen LogP contribution in [0.2, 0.25) is 0 Å². The normalized spacial score (nSPS) is 14.9. The van der Waals surface area contributed by atoms with Gasteiger partial charge >= 0.3 is 0 Å². The predicted molar refractivity (Wildman–Crippen MR) is 117 cm³/mol. The maximum atomic E-state index is 14.1. The van der Waals surface area contributed by atoms with E-state index in [9.17, 15) is 9.18 Å². The summed E-state index contributed by atoms with van der Waals surface area (Å²) in [5, 5.41) is 4.11. The van der Waals surface area contributed by atoms with Gasteiger partial charge in [0, 0.05) is 47.3 Å². The summed E-state index contributed by atoms with van der Waals surface area (Å²) in [5.74, 6) is 0.311. The molecule has 0 spiro atoms. The Bertz CT molecular complexity index is 1240. The van der Waals surface area contributed by atoms with E-state index in [1.807, 2.05) is 42.6 Å². The molecule has 4 aromatic rings. The lowest BCUT2D eigenvalue weighted by molar-refractivity contribution is -0.121. The minimum absolute atomic E-state index is 0.0269. The zero-order chi connectivity index (χ0) is 21.2. The van der Waals surface area contributed by atoms with Crippen LogP contribution in [0.25, 0.3) is 22.2 Å². The molecule has 1 unspecified atom stereocenters. The third kappa shape index (κ3) is 4.01. The van der Waals surface area contributed by atoms with Gasteiger partial charge in [-0.05, 0) is 42.3 Å². The van der Waals surface area contributed by atoms with E-state index in [1.165, 1.54) is 12.1 Å². The average molecular weight is 415 g/mol. The van der Waals surface area contributed by atoms with Gasteiger partial charge in [0.1, 0.15) is 17.7 Å². The van der Waals surface area contributed by atoms with E-state index in [4.69, 9.17) is 4.74 Å². The van der Waals surface area contributed by atoms with Crippen LogP contribution in [0.15, 0.2) is 67.0 Å². The fourth-order valence-electron chi connectivity index (χ4n) is 4.12. The number of halogens is 1. The molecule has 0 radical (unpaired) electrons. The lowest BCUT2D eigenvalue weighted by Crippen LogP contribution is -2.34. The first-order valence-electron chi connectivity index (χ1n) is 10.4. The number of aryl methyl sites for hydroxylation is 1. The Balaban J connectivity index is 1.20. The molecule has 3 heterocycles. The van der Waals surface area contributed by atoms with Gasteiger partial charge in [0.25, 0.3) is 0 Å². The fraction of sp³-hybridized carbons (Fsp3) is 0.200. The number of hydrogen-bond donors (Lipinski definition) is 2. The maximum absolute atomic E-state index is 14.1. The molecule has 2 aromatic carbocycles. The standard InChI is InChI=1S/C25H22FN3O2/c26-18-11-17-12-19(31-25(17)21(13-18)23-7-3-4-10-27-23)15-29-24(30)9-8-16-14-28-22-6-2-1-5-20(16)22/h1-7,10-11,13-14,19,28H,8-9,12,15H2,(H,29,30). The number of nitrogens with one attached hydrogen (secondary N) is 2. The number of aromatic amines is 1. The Hall–Kier alpha value is -3.67. The van der Waals surface area contributed by atoms with Crippen molar-refractivity contribution in [2.75, 3.05) is 6.54 Å². The molecule has 156 valence electrons. The van der Waals surface area contributed by atoms with Crippen molar-refractivity contribution in [1.82, 2.24) is 15.3 Å². The highest BCUT2D eigenvalue weighted by Crippen LogP contribution is 2.38. The van der Waals surface area contributed by atoms with Crippen molar-refractivity contribution in [2.45, 2.75) is 25.4 Å². The molecule has 1 amide bonds. The minimum atomic E-state index is -0.314. The fourth-order valence-corrected chi connectivity index (χ4v) is 4.12. The Morgan fingerprint density at radius 1 is 1.19 bits per heavy atom. The summed E-state index contributed by atoms with van der Waals surface area (Å²) in [6, 6.07) is 16.5. The number of hydrogen-bond acceptors (Lipinski definition) is 3. The second kappa shape index (κ2) is 8.22. The molecule has 2 aromatic heterocycles. The maximum Gasteiger partial charge on any atom is 0.220 e. The third-order valence-electron chi connectivity index (χ3n) is 5.63. The monoisotopic (exact) mass is 415 g/mol. The average Bonchev–Trinajstić information content (AvgIpc) is 3.40. The summed E-state index contributed by atoms with van der Waals surface area (Å²) in [6.45, 7) is 0.380. The topological polar surface area (TPSA) is 67.0 Å². The van der Waals surface area contributed by atoms with E-state index in [-0.39, 0.29) is 17.8 Å². The third-order valence-corrected chi connectivity index (χ3v) is 5.63. The zero-order valence-electron chi connectivity index (χ0n) is 16.9. The van der Waals surface area contributed by atoms with Crippen LogP contribution < -0.4 is 10.1 Å². The molecule has 0 saturated heterocycles. The highest BCUT2D eigenvalue weighted by molar-refractivity contribution is 5.84. The van der Waals surface area contributed by atoms with Crippen LogP contribution in [0.5, 0.6) is 5.75 Å². The highest BCUT2D eigenvalue weighted by Gasteiger charge is 2.27. The number of benzene rings is 2. The van der Waals surface area contributed by atoms with Crippen molar-refractivity contribution >= 4 is 16.8 Å². The highest BCUT2D eigenvalue weighted by atomic mass is 19.1. The number of carbonyl (C=O) groups is 1. The van der Waals surface area contributed by atoms with E-state index < -0.39 is 0 Å². The molecule has 5 rings (SSSR count). The van der Waals surface area contributed by atoms with Gasteiger partial charge in [-0.15, -0.1) is 0 Å². The Labute approximate surface area is 179 Å². The largest absolute Gasteiger partial charge is 0.487 e. The van der Waals surface area contributed by atoms with Crippen LogP contribution in [0.3, 0.4) is 0 Å². The van der Waals surface area contributed by atoms with Gasteiger partial charge in [-0.1, -0.05) is 24.3 Å². The number of rotatable bonds is 6. The second-order valence-electron chi connectivity index (χ2n) is 7.76. The van der Waals surface area contributed by atoms with E-state index >= 15 is 0 Å². The van der Waals surface area contributed by atoms with Gasteiger partial charge in [0.2, 0.25) is 5.91 Å². The summed E-state index contributed by atoms with van der Waals surface area (Å²) < 4.78 is 20.2. The number of pyridine rings is 1. The van der Waals surface area contributed by atoms with E-state index in [0.29, 0.717) is 42.8 Å². The summed E-state index contributed by atoms with van der Waals surface area (Å²) >= 11 is 0. The smallest absolute Gasteiger partial charge is 0.220 e. The van der Waals surface area contributed by atoms with Crippen molar-refractivity contribution in [2.24, 2.45) is 0 Å². The van der Waals surface area contributed by atoms with Gasteiger partial charge in [0.05, 0.1) is 12.2 Å². The van der Waals surface area contributed by atoms with E-state index in [1.54, 1.807) is 6.20 Å². The Morgan fingerprint density at radius 2 is 2.06 bits per heavy atom. The summed E-state index contributed by atoms with van der Waals surface area (Å²) in [7, 11) is 0. The van der Waals surface area contributed by atoms with Crippen molar-refractivity contribution in [3.05, 3.63) is 83.9 Å². The summed E-state index contributed by atoms with van der Waals surface area (Å²) in [4.78, 5) is 20.0. The number of amides is 1. The van der Waals surface area contributed by atoms with Crippen molar-refractivity contribution in [3.63, 3.8) is 0 Å². The van der Waals surface area contributed by atoms with Crippen molar-refractivity contribution < 1.29 is 13.9 Å². The summed E-state index contributed by atoms with van der Waals surface area (Å²) in [6.07, 6.45) is 5.02. The number of aromatic nitrogens is 2. The van der Waals surface area contributed by atoms with Crippen molar-refractivity contribution in [3.8, 4) is 17.0 Å². The van der Waals surface area contributed by atoms with Gasteiger partial charge in [-0.3, -0.25) is 9.78 Å². The number of fused-ring (bicyclic) bond motifs is 2. The molecule has 0 fully saturated rings. The molecule has 0 bridgehead atoms. The number of H-pyrrole nitrogens is 1. The predicted octanol–water partition coefficient (Wildman–Crippen LogP) is 4.42. The lowest BCUT2D eigenvalue weighted by Gasteiger charge is -2.13. The van der Waals surface area contributed by atoms with Gasteiger partial charge in [-0.2, -0.15) is 0 Å². The number of nitrogens with zero attached hydrogens (tertiary/aromatic N) is 1. The summed E-state index contributed by atoms with van der Waals surface area (Å²) in [5.41, 5.74) is 4.32. The SMILES string of the molecule is O=C(CCc1c[nH]c2ccccc12)NCC1Cc2cc(F)cc(-c3ccccn3)c2O1. The van der Waals surface area contributed by atoms with E-state index in [0.717, 1.165) is 22.0 Å². The molecule has 1 aliphatic heterocycles. The Kier molecular flexibility index (Phi) is 5.12. The number of para-hydroxylation sites is 1. The molecule has 1 aliphatic rings. The number of carbonyl (C=O) groups excluding carboxylic acids is 1. The van der Waals surface area contributed by atoms with Crippen LogP contribution >= 0.6 is 0 Å². The lowest BCUT2D eigenvalue weighted by atomic mass is 10.0. The molecular formula is C25H22FN3O2. The molecule has 5 nitrogen and oxygen atoms in total. The molecule has 2 N–H and O–H groups in total. The van der Waals surface area contributed by atoms with Crippen LogP contribution in [0.4, 0.5) is 4.39 Å². The van der Waals surface area contributed by atoms with Gasteiger partial charge < -0.3 is 15.0 Å². The first-order chi connectivity index (χ1) is 15.2. The van der Waals surface area contributed by atoms with Crippen LogP contribution in [0, 0.1) is 5.82 Å². The molecule has 31 heavy (non-hydrogen) atoms. The van der Waals surface area contributed by atoms with Crippen LogP contribution in [0.1, 0.15) is 17.5 Å². The van der Waals surface area contributed by atoms with Crippen LogP contribution in [-0.2, 0) is 17.6 Å². The second-order valence-corrected chi connectivity index (χ2v) is 7.76. The molecule has 6 heteroatoms. The van der Waals surface area contributed by atoms with Crippen LogP contribution in [-0.4, -0.2) is 28.5 Å². The van der Waals surface area contributed by atoms with Gasteiger partial charge in [-0.25, -0.2) is 4.39 Å². The quantitative estimate of drug-likeness (QED) is 0.490. The Morgan fingerprint density at radius 3 is 2.94 bits per heavy atom. The first kappa shape index (κ1) is 19.3. The molecule has 1 atom stereocenters. The number of ether oxygens (including phenoxy) is 1. The molecular weight excluding hydrogens is 393 g/mol. The van der Waals surface area contributed by atoms with E-state index in [2.05, 4.69) is 21.4 Å². The molecule has 0 aliphatic carbocycles. The minimum Gasteiger partial charge on any atom is -0.487 e. The first-order valence-corrected chi connectivity index (χ1v) is 10.4.